The Labute approximate surface area is 807 Å². The number of aromatic amines is 12. The van der Waals surface area contributed by atoms with E-state index in [-0.39, 0.29) is 126 Å². The summed E-state index contributed by atoms with van der Waals surface area (Å²) in [6.45, 7) is 5.87. The zero-order valence-corrected chi connectivity index (χ0v) is 75.2. The van der Waals surface area contributed by atoms with Crippen LogP contribution in [-0.4, -0.2) is 184 Å². The number of hydrogen-bond donors (Lipinski definition) is 19. The number of rotatable bonds is 16. The van der Waals surface area contributed by atoms with Gasteiger partial charge in [-0.05, 0) is 129 Å². The highest BCUT2D eigenvalue weighted by Gasteiger charge is 2.43. The van der Waals surface area contributed by atoms with Crippen LogP contribution in [0.15, 0.2) is 177 Å². The maximum atomic E-state index is 14.4. The van der Waals surface area contributed by atoms with E-state index in [2.05, 4.69) is 163 Å². The highest BCUT2D eigenvalue weighted by Crippen LogP contribution is 2.48. The van der Waals surface area contributed by atoms with Crippen molar-refractivity contribution in [2.45, 2.75) is 44.5 Å². The maximum Gasteiger partial charge on any atom is 0.417 e. The summed E-state index contributed by atoms with van der Waals surface area (Å²) >= 11 is 0. The summed E-state index contributed by atoms with van der Waals surface area (Å²) < 4.78 is 211. The lowest BCUT2D eigenvalue weighted by molar-refractivity contribution is -0.136. The molecule has 0 spiro atoms. The first-order chi connectivity index (χ1) is 70.6. The summed E-state index contributed by atoms with van der Waals surface area (Å²) in [4.78, 5) is 94.6. The van der Waals surface area contributed by atoms with Gasteiger partial charge in [-0.3, -0.25) is 80.4 Å². The van der Waals surface area contributed by atoms with E-state index in [1.807, 2.05) is 55.5 Å². The van der Waals surface area contributed by atoms with Crippen molar-refractivity contribution in [3.63, 3.8) is 0 Å². The van der Waals surface area contributed by atoms with E-state index in [1.54, 1.807) is 42.5 Å². The van der Waals surface area contributed by atoms with Gasteiger partial charge in [-0.1, -0.05) is 30.3 Å². The molecule has 0 atom stereocenters. The molecule has 54 heteroatoms. The summed E-state index contributed by atoms with van der Waals surface area (Å²) in [5.74, 6) is -0.429. The number of aromatic nitrogens is 26. The van der Waals surface area contributed by atoms with Crippen molar-refractivity contribution >= 4 is 167 Å². The zero-order valence-electron chi connectivity index (χ0n) is 75.2. The molecule has 0 unspecified atom stereocenters. The molecule has 21 N–H and O–H groups in total. The van der Waals surface area contributed by atoms with Gasteiger partial charge >= 0.3 is 24.7 Å². The molecule has 0 bridgehead atoms. The molecule has 2 aliphatic rings. The Balaban J connectivity index is 0.000000116. The van der Waals surface area contributed by atoms with Gasteiger partial charge in [0.15, 0.2) is 58.0 Å². The molecule has 2 aliphatic heterocycles. The first-order valence-electron chi connectivity index (χ1n) is 44.3. The lowest BCUT2D eigenvalue weighted by Gasteiger charge is -2.29. The van der Waals surface area contributed by atoms with Gasteiger partial charge in [0.05, 0.1) is 112 Å². The summed E-state index contributed by atoms with van der Waals surface area (Å²) in [7, 11) is 0. The minimum Gasteiger partial charge on any atom is -0.490 e. The number of nitrogens with one attached hydrogen (secondary N) is 17. The Morgan fingerprint density at radius 2 is 0.905 bits per heavy atom. The smallest absolute Gasteiger partial charge is 0.417 e. The number of benzene rings is 9. The highest BCUT2D eigenvalue weighted by atomic mass is 19.4. The van der Waals surface area contributed by atoms with Crippen molar-refractivity contribution in [2.24, 2.45) is 5.73 Å². The average Bonchev–Trinajstić information content (AvgIpc) is 1.68. The Kier molecular flexibility index (Phi) is 24.0. The molecule has 9 aromatic carbocycles. The van der Waals surface area contributed by atoms with Crippen molar-refractivity contribution in [1.29, 1.82) is 0 Å². The van der Waals surface area contributed by atoms with Crippen molar-refractivity contribution in [1.82, 2.24) is 137 Å². The fourth-order valence-corrected chi connectivity index (χ4v) is 17.5. The third-order valence-electron chi connectivity index (χ3n) is 24.0. The number of aryl methyl sites for hydroxylation is 1. The van der Waals surface area contributed by atoms with Crippen LogP contribution in [0, 0.1) is 18.6 Å². The number of alkyl halides is 12. The van der Waals surface area contributed by atoms with Crippen LogP contribution in [0.2, 0.25) is 0 Å². The molecule has 1 saturated heterocycles. The molecule has 22 aromatic rings. The van der Waals surface area contributed by atoms with Crippen LogP contribution in [0.4, 0.5) is 120 Å². The molecule has 746 valence electrons. The van der Waals surface area contributed by atoms with Crippen LogP contribution < -0.4 is 69.9 Å². The number of nitrogens with two attached hydrogens (primary N) is 2. The van der Waals surface area contributed by atoms with Gasteiger partial charge in [0.2, 0.25) is 5.95 Å². The number of H-pyrrole nitrogens is 12. The minimum atomic E-state index is -4.93. The molecule has 0 amide bonds. The number of para-hydroxylation sites is 3. The van der Waals surface area contributed by atoms with Crippen LogP contribution in [0.5, 0.6) is 5.75 Å². The van der Waals surface area contributed by atoms with E-state index in [0.717, 1.165) is 44.8 Å². The van der Waals surface area contributed by atoms with Gasteiger partial charge in [0, 0.05) is 112 Å². The first kappa shape index (κ1) is 94.6. The van der Waals surface area contributed by atoms with Crippen LogP contribution in [-0.2, 0) is 42.3 Å². The number of anilines is 10. The molecule has 15 heterocycles. The van der Waals surface area contributed by atoms with Gasteiger partial charge < -0.3 is 52.4 Å². The molecular weight excluding hydrogens is 1960 g/mol. The molecule has 1 fully saturated rings. The predicted molar refractivity (Wildman–Crippen MR) is 515 cm³/mol. The second-order valence-electron chi connectivity index (χ2n) is 33.3. The Bertz CT molecular complexity index is 9200. The number of hydrogen-bond acceptors (Lipinski definition) is 28. The van der Waals surface area contributed by atoms with Gasteiger partial charge in [-0.25, -0.2) is 53.6 Å². The van der Waals surface area contributed by atoms with Gasteiger partial charge in [-0.15, -0.1) is 0 Å². The summed E-state index contributed by atoms with van der Waals surface area (Å²) in [6.07, 6.45) is -16.9. The monoisotopic (exact) mass is 2020 g/mol. The molecule has 13 aromatic heterocycles. The van der Waals surface area contributed by atoms with Gasteiger partial charge in [0.25, 0.3) is 22.2 Å². The van der Waals surface area contributed by atoms with Crippen LogP contribution >= 0.6 is 0 Å². The van der Waals surface area contributed by atoms with E-state index < -0.39 is 114 Å². The third-order valence-corrected chi connectivity index (χ3v) is 24.0. The second-order valence-corrected chi connectivity index (χ2v) is 33.3. The lowest BCUT2D eigenvalue weighted by atomic mass is 10.0. The SMILES string of the molecule is Cc1cc(Nc2nc(-c3ccc4[nH][nH]c(=O)c4c3C(F)(F)F)nc3c2CCNCC3)n[nH]1.NCCOc1cccc2c(Nc3n[nH]c4ccccc34)nc(-c3ccc4[nH][nH]c(=O)c4c3C(F)(F)F)nc12.Nc1ncc2c(Nc3n[nH]c4ccccc34)nc(-c3ccc4[nH][nH]c(=O)c4c3C(F)(F)F)nc2n1.O=c1[nH][nH]c2ccc(-c3nc(Nc4n[nH]c5c(F)cc(F)cc45)c4cc(N5CCOCC5)ccc4n3)c(C(F)(F)F)c12. The normalized spacial score (nSPS) is 13.2. The summed E-state index contributed by atoms with van der Waals surface area (Å²) in [5.41, 5.74) is 6.83. The minimum absolute atomic E-state index is 0.000209. The summed E-state index contributed by atoms with van der Waals surface area (Å²) in [6, 6.07) is 38.8. The lowest BCUT2D eigenvalue weighted by Crippen LogP contribution is -2.36. The second kappa shape index (κ2) is 37.3. The molecule has 0 saturated carbocycles. The number of fused-ring (bicyclic) bond motifs is 11. The van der Waals surface area contributed by atoms with Crippen LogP contribution in [0.1, 0.15) is 39.2 Å². The standard InChI is InChI=1S/C27H19F5N8O2.C25H19F3N8O2.C21H13F3N10O.C20H19F3N8O/c28-12-9-16-22(17(29)10-12)37-38-25(16)35-24-15-11-13(40-5-7-42-8-6-40)1-3-18(15)33-23(34-24)14-2-4-19-20(26(41)39-36-19)21(14)27(30,31)32;26-25(27,28)19-13(8-9-16-18(19)24(37)36-34-16)21-30-20-14(5-3-7-17(20)38-11-10-29)22(31-21)32-23-12-4-1-2-6-15(12)33-35-23;22-21(23,24)14-9(5-6-12-13(14)19(35)34-32-12)15-27-16(10-7-26-20(25)30-17(10)28-15)29-18-8-3-1-2-4-11(8)31-33-18;1-9-8-14(30-28-9)26-17-10-4-6-24-7-5-12(10)25-18(27-17)11-2-3-13-15(19(32)31-29-13)16(11)20(21,22)23/h1-4,9-11H,5-8H2,(H2,36,39,41)(H2,33,34,35,37,38);1-9H,10-11,29H2,(H2,34,36,37)(H2,30,31,32,33,35);1-7H,(H2,32,34,35)(H4,25,26,27,28,29,30,31,33);2-3,8,24H,4-7H2,1H3,(H2,29,31,32)(H2,25,26,27,28,30). The number of halogens is 14. The first-order valence-corrected chi connectivity index (χ1v) is 44.3. The largest absolute Gasteiger partial charge is 0.490 e. The topological polar surface area (TPSA) is 572 Å². The fourth-order valence-electron chi connectivity index (χ4n) is 17.5. The fraction of sp³-hybridized carbons (Fsp3) is 0.161. The van der Waals surface area contributed by atoms with Crippen LogP contribution in [0.25, 0.3) is 155 Å². The van der Waals surface area contributed by atoms with Gasteiger partial charge in [-0.2, -0.15) is 78.1 Å². The Morgan fingerprint density at radius 3 is 1.43 bits per heavy atom. The van der Waals surface area contributed by atoms with E-state index in [4.69, 9.17) is 20.9 Å². The molecule has 0 radical (unpaired) electrons. The quantitative estimate of drug-likeness (QED) is 0.0400. The van der Waals surface area contributed by atoms with Crippen molar-refractivity contribution < 1.29 is 70.9 Å². The predicted octanol–water partition coefficient (Wildman–Crippen LogP) is 15.9. The number of nitrogen functional groups attached to an aromatic ring is 1. The molecule has 0 aliphatic carbocycles. The van der Waals surface area contributed by atoms with Crippen molar-refractivity contribution in [3.8, 4) is 51.3 Å². The van der Waals surface area contributed by atoms with Crippen LogP contribution in [0.3, 0.4) is 0 Å². The van der Waals surface area contributed by atoms with E-state index >= 15 is 0 Å². The summed E-state index contributed by atoms with van der Waals surface area (Å²) in [5, 5.41) is 62.6. The van der Waals surface area contributed by atoms with Crippen molar-refractivity contribution in [2.75, 3.05) is 84.4 Å². The van der Waals surface area contributed by atoms with E-state index in [9.17, 15) is 80.6 Å². The van der Waals surface area contributed by atoms with Crippen molar-refractivity contribution in [3.05, 3.63) is 250 Å². The van der Waals surface area contributed by atoms with Gasteiger partial charge in [0.1, 0.15) is 52.5 Å². The maximum absolute atomic E-state index is 14.4. The van der Waals surface area contributed by atoms with E-state index in [0.29, 0.717) is 109 Å². The molecule has 40 nitrogen and oxygen atoms in total. The Morgan fingerprint density at radius 1 is 0.429 bits per heavy atom. The molecule has 24 rings (SSSR count). The molecule has 147 heavy (non-hydrogen) atoms. The zero-order chi connectivity index (χ0) is 102. The average molecular weight is 2030 g/mol. The number of nitrogens with zero attached hydrogens (tertiary/aromatic N) is 15. The molecular formula is C93H70F14N34O6. The highest BCUT2D eigenvalue weighted by molar-refractivity contribution is 6.03. The number of morpholine rings is 1. The Hall–Kier alpha value is -18.6. The van der Waals surface area contributed by atoms with E-state index in [1.165, 1.54) is 54.7 Å². The number of ether oxygens (including phenoxy) is 2. The third kappa shape index (κ3) is 18.2.